The summed E-state index contributed by atoms with van der Waals surface area (Å²) in [6, 6.07) is 12.4. The zero-order valence-corrected chi connectivity index (χ0v) is 14.9. The lowest BCUT2D eigenvalue weighted by Crippen LogP contribution is -2.28. The minimum absolute atomic E-state index is 0.0324. The molecule has 146 valence electrons. The van der Waals surface area contributed by atoms with Crippen LogP contribution in [0.2, 0.25) is 0 Å². The average molecular weight is 396 g/mol. The van der Waals surface area contributed by atoms with Crippen molar-refractivity contribution in [3.8, 4) is 5.75 Å². The molecule has 0 atom stereocenters. The van der Waals surface area contributed by atoms with E-state index in [1.54, 1.807) is 18.2 Å². The third-order valence-electron chi connectivity index (χ3n) is 4.12. The Morgan fingerprint density at radius 2 is 1.93 bits per heavy atom. The molecule has 0 fully saturated rings. The molecule has 0 saturated carbocycles. The highest BCUT2D eigenvalue weighted by Gasteiger charge is 2.14. The summed E-state index contributed by atoms with van der Waals surface area (Å²) in [5, 5.41) is 12.9. The van der Waals surface area contributed by atoms with Crippen molar-refractivity contribution in [2.75, 3.05) is 0 Å². The first-order valence-corrected chi connectivity index (χ1v) is 8.57. The SMILES string of the molecule is O=C(NCc1ccco1)c1cc2ccc(O)cc2oc1=Nc1ccc(F)c(F)c1. The van der Waals surface area contributed by atoms with Gasteiger partial charge in [-0.25, -0.2) is 13.8 Å². The van der Waals surface area contributed by atoms with E-state index in [2.05, 4.69) is 10.3 Å². The van der Waals surface area contributed by atoms with Crippen LogP contribution in [-0.4, -0.2) is 11.0 Å². The minimum Gasteiger partial charge on any atom is -0.508 e. The number of furan rings is 1. The first-order valence-electron chi connectivity index (χ1n) is 8.57. The largest absolute Gasteiger partial charge is 0.508 e. The van der Waals surface area contributed by atoms with Crippen molar-refractivity contribution < 1.29 is 27.5 Å². The maximum Gasteiger partial charge on any atom is 0.257 e. The zero-order valence-electron chi connectivity index (χ0n) is 14.9. The van der Waals surface area contributed by atoms with Crippen molar-refractivity contribution in [1.29, 1.82) is 0 Å². The number of nitrogens with zero attached hydrogens (tertiary/aromatic N) is 1. The van der Waals surface area contributed by atoms with Gasteiger partial charge in [0.05, 0.1) is 18.5 Å². The number of hydrogen-bond acceptors (Lipinski definition) is 5. The lowest BCUT2D eigenvalue weighted by molar-refractivity contribution is 0.0944. The zero-order chi connectivity index (χ0) is 20.4. The summed E-state index contributed by atoms with van der Waals surface area (Å²) >= 11 is 0. The fraction of sp³-hybridized carbons (Fsp3) is 0.0476. The fourth-order valence-corrected chi connectivity index (χ4v) is 2.70. The van der Waals surface area contributed by atoms with Crippen molar-refractivity contribution >= 4 is 22.6 Å². The standard InChI is InChI=1S/C21H14F2N2O4/c22-17-6-4-13(9-18(17)23)25-21-16(20(27)24-11-15-2-1-7-28-15)8-12-3-5-14(26)10-19(12)29-21/h1-10,26H,11H2,(H,24,27). The van der Waals surface area contributed by atoms with Gasteiger partial charge in [0.1, 0.15) is 22.7 Å². The molecule has 2 aromatic carbocycles. The number of fused-ring (bicyclic) bond motifs is 1. The lowest BCUT2D eigenvalue weighted by Gasteiger charge is -2.06. The number of amides is 1. The van der Waals surface area contributed by atoms with Gasteiger partial charge >= 0.3 is 0 Å². The van der Waals surface area contributed by atoms with E-state index in [0.29, 0.717) is 11.1 Å². The van der Waals surface area contributed by atoms with Crippen LogP contribution in [0.25, 0.3) is 11.0 Å². The predicted octanol–water partition coefficient (Wildman–Crippen LogP) is 4.17. The number of phenolic OH excluding ortho intramolecular Hbond substituents is 1. The second kappa shape index (κ2) is 7.59. The molecule has 0 saturated heterocycles. The Morgan fingerprint density at radius 1 is 1.07 bits per heavy atom. The van der Waals surface area contributed by atoms with Crippen LogP contribution >= 0.6 is 0 Å². The lowest BCUT2D eigenvalue weighted by atomic mass is 10.1. The molecule has 0 aliphatic carbocycles. The summed E-state index contributed by atoms with van der Waals surface area (Å²) in [4.78, 5) is 16.9. The fourth-order valence-electron chi connectivity index (χ4n) is 2.70. The predicted molar refractivity (Wildman–Crippen MR) is 99.3 cm³/mol. The second-order valence-corrected chi connectivity index (χ2v) is 6.16. The molecule has 0 bridgehead atoms. The summed E-state index contributed by atoms with van der Waals surface area (Å²) in [6.45, 7) is 0.143. The van der Waals surface area contributed by atoms with Crippen LogP contribution in [0.15, 0.2) is 74.7 Å². The second-order valence-electron chi connectivity index (χ2n) is 6.16. The van der Waals surface area contributed by atoms with E-state index in [-0.39, 0.29) is 34.7 Å². The molecule has 2 aromatic heterocycles. The number of nitrogens with one attached hydrogen (secondary N) is 1. The van der Waals surface area contributed by atoms with E-state index in [9.17, 15) is 18.7 Å². The number of rotatable bonds is 4. The number of halogens is 2. The van der Waals surface area contributed by atoms with Gasteiger partial charge in [-0.2, -0.15) is 0 Å². The normalized spacial score (nSPS) is 11.7. The van der Waals surface area contributed by atoms with Crippen molar-refractivity contribution in [3.05, 3.63) is 89.4 Å². The van der Waals surface area contributed by atoms with Crippen molar-refractivity contribution in [2.24, 2.45) is 4.99 Å². The Hall–Kier alpha value is -3.94. The number of aromatic hydroxyl groups is 1. The quantitative estimate of drug-likeness (QED) is 0.542. The maximum atomic E-state index is 13.5. The monoisotopic (exact) mass is 396 g/mol. The molecule has 29 heavy (non-hydrogen) atoms. The van der Waals surface area contributed by atoms with Crippen LogP contribution in [0.1, 0.15) is 16.1 Å². The average Bonchev–Trinajstić information content (AvgIpc) is 3.22. The molecule has 0 aliphatic heterocycles. The third-order valence-corrected chi connectivity index (χ3v) is 4.12. The van der Waals surface area contributed by atoms with E-state index in [1.165, 1.54) is 30.5 Å². The van der Waals surface area contributed by atoms with Crippen molar-refractivity contribution in [1.82, 2.24) is 5.32 Å². The Bertz CT molecular complexity index is 1260. The minimum atomic E-state index is -1.08. The van der Waals surface area contributed by atoms with Gasteiger partial charge in [-0.1, -0.05) is 0 Å². The molecule has 4 rings (SSSR count). The first kappa shape index (κ1) is 18.4. The molecule has 6 nitrogen and oxygen atoms in total. The number of carbonyl (C=O) groups is 1. The first-order chi connectivity index (χ1) is 14.0. The van der Waals surface area contributed by atoms with Crippen molar-refractivity contribution in [2.45, 2.75) is 6.54 Å². The molecule has 2 N–H and O–H groups in total. The van der Waals surface area contributed by atoms with Gasteiger partial charge in [-0.05, 0) is 42.5 Å². The van der Waals surface area contributed by atoms with Crippen LogP contribution in [0.5, 0.6) is 5.75 Å². The van der Waals surface area contributed by atoms with E-state index in [4.69, 9.17) is 8.83 Å². The Labute approximate surface area is 162 Å². The van der Waals surface area contributed by atoms with E-state index < -0.39 is 17.5 Å². The van der Waals surface area contributed by atoms with Crippen LogP contribution in [0, 0.1) is 11.6 Å². The van der Waals surface area contributed by atoms with Gasteiger partial charge in [0.15, 0.2) is 11.6 Å². The topological polar surface area (TPSA) is 88.0 Å². The van der Waals surface area contributed by atoms with E-state index in [0.717, 1.165) is 12.1 Å². The summed E-state index contributed by atoms with van der Waals surface area (Å²) in [6.07, 6.45) is 1.49. The summed E-state index contributed by atoms with van der Waals surface area (Å²) in [5.41, 5.74) is 0.298. The molecular weight excluding hydrogens is 382 g/mol. The third kappa shape index (κ3) is 4.01. The smallest absolute Gasteiger partial charge is 0.257 e. The molecular formula is C21H14F2N2O4. The molecule has 2 heterocycles. The van der Waals surface area contributed by atoms with Crippen molar-refractivity contribution in [3.63, 3.8) is 0 Å². The van der Waals surface area contributed by atoms with Gasteiger partial charge in [-0.3, -0.25) is 4.79 Å². The highest BCUT2D eigenvalue weighted by Crippen LogP contribution is 2.21. The summed E-state index contributed by atoms with van der Waals surface area (Å²) in [7, 11) is 0. The van der Waals surface area contributed by atoms with Crippen LogP contribution in [0.4, 0.5) is 14.5 Å². The molecule has 8 heteroatoms. The molecule has 0 spiro atoms. The Morgan fingerprint density at radius 3 is 2.69 bits per heavy atom. The van der Waals surface area contributed by atoms with Crippen LogP contribution < -0.4 is 10.9 Å². The highest BCUT2D eigenvalue weighted by molar-refractivity contribution is 5.96. The number of phenols is 1. The van der Waals surface area contributed by atoms with Gasteiger partial charge < -0.3 is 19.3 Å². The highest BCUT2D eigenvalue weighted by atomic mass is 19.2. The maximum absolute atomic E-state index is 13.5. The van der Waals surface area contributed by atoms with Crippen LogP contribution in [0.3, 0.4) is 0 Å². The van der Waals surface area contributed by atoms with Gasteiger partial charge in [-0.15, -0.1) is 0 Å². The van der Waals surface area contributed by atoms with E-state index >= 15 is 0 Å². The Kier molecular flexibility index (Phi) is 4.82. The number of carbonyl (C=O) groups excluding carboxylic acids is 1. The number of hydrogen-bond donors (Lipinski definition) is 2. The molecule has 0 radical (unpaired) electrons. The Balaban J connectivity index is 1.80. The van der Waals surface area contributed by atoms with Gasteiger partial charge in [0.2, 0.25) is 5.55 Å². The molecule has 4 aromatic rings. The summed E-state index contributed by atoms with van der Waals surface area (Å²) in [5.74, 6) is -2.06. The molecule has 1 amide bonds. The van der Waals surface area contributed by atoms with E-state index in [1.807, 2.05) is 0 Å². The van der Waals surface area contributed by atoms with Gasteiger partial charge in [0.25, 0.3) is 5.91 Å². The summed E-state index contributed by atoms with van der Waals surface area (Å²) < 4.78 is 37.6. The number of benzene rings is 2. The van der Waals surface area contributed by atoms with Crippen LogP contribution in [-0.2, 0) is 6.54 Å². The molecule has 0 aliphatic rings. The van der Waals surface area contributed by atoms with Gasteiger partial charge in [0, 0.05) is 17.5 Å². The molecule has 0 unspecified atom stereocenters.